The predicted octanol–water partition coefficient (Wildman–Crippen LogP) is 4.21. The minimum absolute atomic E-state index is 0.128. The summed E-state index contributed by atoms with van der Waals surface area (Å²) in [5, 5.41) is 2.82. The van der Waals surface area contributed by atoms with Gasteiger partial charge in [-0.05, 0) is 62.7 Å². The van der Waals surface area contributed by atoms with Gasteiger partial charge in [0.25, 0.3) is 10.0 Å². The first-order valence-corrected chi connectivity index (χ1v) is 11.9. The average Bonchev–Trinajstić information content (AvgIpc) is 2.77. The van der Waals surface area contributed by atoms with E-state index in [0.29, 0.717) is 24.6 Å². The number of hydrogen-bond acceptors (Lipinski definition) is 4. The average molecular weight is 453 g/mol. The standard InChI is InChI=1S/C25H28N2O4S/c1-4-31-23-12-10-22(11-13-23)27(32(29,30)24-14-8-19(2)9-15-24)18-25(28)26-17-21-7-5-6-20(3)16-21/h5-16H,4,17-18H2,1-3H3,(H,26,28). The molecule has 0 heterocycles. The van der Waals surface area contributed by atoms with Crippen LogP contribution in [-0.2, 0) is 21.4 Å². The van der Waals surface area contributed by atoms with Crippen LogP contribution in [-0.4, -0.2) is 27.5 Å². The maximum atomic E-state index is 13.4. The van der Waals surface area contributed by atoms with Gasteiger partial charge in [-0.25, -0.2) is 8.42 Å². The highest BCUT2D eigenvalue weighted by atomic mass is 32.2. The van der Waals surface area contributed by atoms with E-state index >= 15 is 0 Å². The molecule has 1 N–H and O–H groups in total. The molecule has 1 amide bonds. The summed E-state index contributed by atoms with van der Waals surface area (Å²) < 4.78 is 33.4. The van der Waals surface area contributed by atoms with Gasteiger partial charge in [-0.15, -0.1) is 0 Å². The van der Waals surface area contributed by atoms with Crippen molar-refractivity contribution in [2.75, 3.05) is 17.5 Å². The lowest BCUT2D eigenvalue weighted by Gasteiger charge is -2.24. The Morgan fingerprint density at radius 2 is 1.62 bits per heavy atom. The van der Waals surface area contributed by atoms with Crippen molar-refractivity contribution in [1.29, 1.82) is 0 Å². The number of amides is 1. The van der Waals surface area contributed by atoms with Gasteiger partial charge in [0.2, 0.25) is 5.91 Å². The van der Waals surface area contributed by atoms with E-state index in [1.165, 1.54) is 0 Å². The van der Waals surface area contributed by atoms with Gasteiger partial charge in [-0.1, -0.05) is 47.5 Å². The smallest absolute Gasteiger partial charge is 0.264 e. The fourth-order valence-corrected chi connectivity index (χ4v) is 4.66. The Morgan fingerprint density at radius 1 is 0.938 bits per heavy atom. The lowest BCUT2D eigenvalue weighted by Crippen LogP contribution is -2.40. The number of rotatable bonds is 9. The van der Waals surface area contributed by atoms with Gasteiger partial charge in [-0.3, -0.25) is 9.10 Å². The molecule has 0 atom stereocenters. The van der Waals surface area contributed by atoms with Crippen LogP contribution < -0.4 is 14.4 Å². The summed E-state index contributed by atoms with van der Waals surface area (Å²) >= 11 is 0. The Balaban J connectivity index is 1.85. The van der Waals surface area contributed by atoms with E-state index in [0.717, 1.165) is 21.0 Å². The highest BCUT2D eigenvalue weighted by Gasteiger charge is 2.27. The van der Waals surface area contributed by atoms with E-state index in [1.54, 1.807) is 48.5 Å². The van der Waals surface area contributed by atoms with Crippen molar-refractivity contribution in [3.8, 4) is 5.75 Å². The van der Waals surface area contributed by atoms with Crippen LogP contribution >= 0.6 is 0 Å². The number of ether oxygens (including phenoxy) is 1. The first-order valence-electron chi connectivity index (χ1n) is 10.4. The highest BCUT2D eigenvalue weighted by molar-refractivity contribution is 7.92. The molecule has 0 aliphatic heterocycles. The molecule has 6 nitrogen and oxygen atoms in total. The fraction of sp³-hybridized carbons (Fsp3) is 0.240. The lowest BCUT2D eigenvalue weighted by atomic mass is 10.1. The Kier molecular flexibility index (Phi) is 7.53. The van der Waals surface area contributed by atoms with Gasteiger partial charge in [0, 0.05) is 6.54 Å². The molecule has 32 heavy (non-hydrogen) atoms. The summed E-state index contributed by atoms with van der Waals surface area (Å²) in [4.78, 5) is 12.9. The second kappa shape index (κ2) is 10.3. The molecular weight excluding hydrogens is 424 g/mol. The first kappa shape index (κ1) is 23.3. The zero-order valence-electron chi connectivity index (χ0n) is 18.5. The van der Waals surface area contributed by atoms with Crippen molar-refractivity contribution in [1.82, 2.24) is 5.32 Å². The van der Waals surface area contributed by atoms with Crippen LogP contribution in [0.1, 0.15) is 23.6 Å². The van der Waals surface area contributed by atoms with E-state index in [4.69, 9.17) is 4.74 Å². The normalized spacial score (nSPS) is 11.1. The number of sulfonamides is 1. The summed E-state index contributed by atoms with van der Waals surface area (Å²) in [5.74, 6) is 0.240. The monoisotopic (exact) mass is 452 g/mol. The van der Waals surface area contributed by atoms with Gasteiger partial charge >= 0.3 is 0 Å². The maximum absolute atomic E-state index is 13.4. The molecule has 0 aliphatic carbocycles. The zero-order chi connectivity index (χ0) is 23.1. The number of carbonyl (C=O) groups is 1. The number of carbonyl (C=O) groups excluding carboxylic acids is 1. The van der Waals surface area contributed by atoms with Crippen molar-refractivity contribution in [2.24, 2.45) is 0 Å². The van der Waals surface area contributed by atoms with Crippen LogP contribution in [0.4, 0.5) is 5.69 Å². The predicted molar refractivity (Wildman–Crippen MR) is 126 cm³/mol. The molecule has 3 rings (SSSR count). The number of nitrogens with one attached hydrogen (secondary N) is 1. The fourth-order valence-electron chi connectivity index (χ4n) is 3.24. The summed E-state index contributed by atoms with van der Waals surface area (Å²) in [6.45, 7) is 6.23. The lowest BCUT2D eigenvalue weighted by molar-refractivity contribution is -0.119. The molecular formula is C25H28N2O4S. The highest BCUT2D eigenvalue weighted by Crippen LogP contribution is 2.26. The van der Waals surface area contributed by atoms with Crippen LogP contribution in [0.3, 0.4) is 0 Å². The van der Waals surface area contributed by atoms with Crippen LogP contribution in [0.15, 0.2) is 77.7 Å². The largest absolute Gasteiger partial charge is 0.494 e. The molecule has 0 aliphatic rings. The minimum atomic E-state index is -3.95. The molecule has 0 spiro atoms. The third-order valence-electron chi connectivity index (χ3n) is 4.90. The Bertz CT molecular complexity index is 1160. The van der Waals surface area contributed by atoms with Gasteiger partial charge in [0.05, 0.1) is 17.2 Å². The third-order valence-corrected chi connectivity index (χ3v) is 6.69. The molecule has 0 aromatic heterocycles. The molecule has 0 unspecified atom stereocenters. The number of nitrogens with zero attached hydrogens (tertiary/aromatic N) is 1. The number of hydrogen-bond donors (Lipinski definition) is 1. The van der Waals surface area contributed by atoms with E-state index in [9.17, 15) is 13.2 Å². The molecule has 0 saturated heterocycles. The molecule has 0 radical (unpaired) electrons. The molecule has 7 heteroatoms. The van der Waals surface area contributed by atoms with E-state index < -0.39 is 15.9 Å². The Hall–Kier alpha value is -3.32. The van der Waals surface area contributed by atoms with Crippen LogP contribution in [0.2, 0.25) is 0 Å². The second-order valence-electron chi connectivity index (χ2n) is 7.52. The SMILES string of the molecule is CCOc1ccc(N(CC(=O)NCc2cccc(C)c2)S(=O)(=O)c2ccc(C)cc2)cc1. The Morgan fingerprint density at radius 3 is 2.25 bits per heavy atom. The van der Waals surface area contributed by atoms with Crippen LogP contribution in [0, 0.1) is 13.8 Å². The van der Waals surface area contributed by atoms with E-state index in [2.05, 4.69) is 5.32 Å². The molecule has 168 valence electrons. The van der Waals surface area contributed by atoms with Crippen LogP contribution in [0.25, 0.3) is 0 Å². The van der Waals surface area contributed by atoms with Crippen LogP contribution in [0.5, 0.6) is 5.75 Å². The van der Waals surface area contributed by atoms with Gasteiger partial charge in [0.1, 0.15) is 12.3 Å². The van der Waals surface area contributed by atoms with Gasteiger partial charge < -0.3 is 10.1 Å². The second-order valence-corrected chi connectivity index (χ2v) is 9.38. The van der Waals surface area contributed by atoms with Crippen molar-refractivity contribution in [2.45, 2.75) is 32.2 Å². The third kappa shape index (κ3) is 5.88. The molecule has 3 aromatic rings. The summed E-state index contributed by atoms with van der Waals surface area (Å²) in [5.41, 5.74) is 3.38. The number of aryl methyl sites for hydroxylation is 2. The topological polar surface area (TPSA) is 75.7 Å². The van der Waals surface area contributed by atoms with Crippen molar-refractivity contribution in [3.63, 3.8) is 0 Å². The van der Waals surface area contributed by atoms with Gasteiger partial charge in [0.15, 0.2) is 0 Å². The number of anilines is 1. The maximum Gasteiger partial charge on any atom is 0.264 e. The molecule has 0 bridgehead atoms. The summed E-state index contributed by atoms with van der Waals surface area (Å²) in [6, 6.07) is 21.1. The first-order chi connectivity index (χ1) is 15.3. The van der Waals surface area contributed by atoms with Crippen molar-refractivity contribution < 1.29 is 17.9 Å². The van der Waals surface area contributed by atoms with Crippen molar-refractivity contribution >= 4 is 21.6 Å². The van der Waals surface area contributed by atoms with Gasteiger partial charge in [-0.2, -0.15) is 0 Å². The Labute approximate surface area is 189 Å². The summed E-state index contributed by atoms with van der Waals surface area (Å²) in [7, 11) is -3.95. The van der Waals surface area contributed by atoms with E-state index in [-0.39, 0.29) is 11.4 Å². The zero-order valence-corrected chi connectivity index (χ0v) is 19.4. The quantitative estimate of drug-likeness (QED) is 0.528. The molecule has 0 fully saturated rings. The molecule has 3 aromatic carbocycles. The number of benzene rings is 3. The molecule has 0 saturated carbocycles. The van der Waals surface area contributed by atoms with E-state index in [1.807, 2.05) is 45.0 Å². The van der Waals surface area contributed by atoms with Crippen molar-refractivity contribution in [3.05, 3.63) is 89.5 Å². The minimum Gasteiger partial charge on any atom is -0.494 e. The summed E-state index contributed by atoms with van der Waals surface area (Å²) in [6.07, 6.45) is 0.